The van der Waals surface area contributed by atoms with Crippen molar-refractivity contribution in [3.05, 3.63) is 29.8 Å². The maximum atomic E-state index is 12.1. The molecule has 0 aliphatic carbocycles. The van der Waals surface area contributed by atoms with Crippen molar-refractivity contribution in [3.63, 3.8) is 0 Å². The Bertz CT molecular complexity index is 656. The third-order valence-electron chi connectivity index (χ3n) is 5.50. The lowest BCUT2D eigenvalue weighted by molar-refractivity contribution is -0.135. The highest BCUT2D eigenvalue weighted by Crippen LogP contribution is 2.21. The predicted molar refractivity (Wildman–Crippen MR) is 135 cm³/mol. The van der Waals surface area contributed by atoms with E-state index in [0.29, 0.717) is 12.0 Å². The van der Waals surface area contributed by atoms with E-state index in [-0.39, 0.29) is 35.8 Å². The van der Waals surface area contributed by atoms with Crippen molar-refractivity contribution in [2.45, 2.75) is 58.9 Å². The largest absolute Gasteiger partial charge is 0.497 e. The molecule has 0 saturated carbocycles. The number of hydrogen-bond acceptors (Lipinski definition) is 3. The number of methoxy groups -OCH3 is 1. The molecule has 1 aromatic rings. The Balaban J connectivity index is 0.00000450. The fourth-order valence-corrected chi connectivity index (χ4v) is 3.59. The molecule has 0 spiro atoms. The van der Waals surface area contributed by atoms with Crippen molar-refractivity contribution < 1.29 is 9.53 Å². The molecule has 1 aliphatic rings. The van der Waals surface area contributed by atoms with Gasteiger partial charge in [0.15, 0.2) is 5.96 Å². The smallest absolute Gasteiger partial charge is 0.225 e. The van der Waals surface area contributed by atoms with Crippen molar-refractivity contribution in [1.82, 2.24) is 15.5 Å². The lowest BCUT2D eigenvalue weighted by atomic mass is 9.98. The Kier molecular flexibility index (Phi) is 12.1. The summed E-state index contributed by atoms with van der Waals surface area (Å²) in [7, 11) is 1.69. The molecule has 1 aliphatic heterocycles. The minimum absolute atomic E-state index is 0. The Morgan fingerprint density at radius 3 is 2.37 bits per heavy atom. The van der Waals surface area contributed by atoms with E-state index >= 15 is 0 Å². The summed E-state index contributed by atoms with van der Waals surface area (Å²) in [5.74, 6) is 2.54. The minimum Gasteiger partial charge on any atom is -0.497 e. The number of rotatable bonds is 8. The van der Waals surface area contributed by atoms with E-state index in [4.69, 9.17) is 9.73 Å². The van der Waals surface area contributed by atoms with Crippen LogP contribution < -0.4 is 15.4 Å². The normalized spacial score (nSPS) is 16.1. The Hall–Kier alpha value is -1.51. The molecule has 2 N–H and O–H groups in total. The highest BCUT2D eigenvalue weighted by Gasteiger charge is 2.24. The van der Waals surface area contributed by atoms with Gasteiger partial charge < -0.3 is 20.3 Å². The number of amides is 1. The summed E-state index contributed by atoms with van der Waals surface area (Å²) < 4.78 is 5.23. The van der Waals surface area contributed by atoms with Gasteiger partial charge >= 0.3 is 0 Å². The van der Waals surface area contributed by atoms with Crippen LogP contribution in [0.2, 0.25) is 0 Å². The quantitative estimate of drug-likeness (QED) is 0.303. The first-order valence-electron chi connectivity index (χ1n) is 10.9. The number of guanidine groups is 1. The number of hydrogen-bond donors (Lipinski definition) is 2. The fourth-order valence-electron chi connectivity index (χ4n) is 3.59. The maximum Gasteiger partial charge on any atom is 0.225 e. The van der Waals surface area contributed by atoms with Gasteiger partial charge in [-0.15, -0.1) is 24.0 Å². The van der Waals surface area contributed by atoms with E-state index in [1.165, 1.54) is 5.56 Å². The summed E-state index contributed by atoms with van der Waals surface area (Å²) in [6.45, 7) is 11.5. The lowest BCUT2D eigenvalue weighted by Gasteiger charge is -2.34. The number of ether oxygens (including phenoxy) is 1. The molecular formula is C23H39IN4O2. The number of likely N-dealkylation sites (tertiary alicyclic amines) is 1. The first kappa shape index (κ1) is 26.5. The van der Waals surface area contributed by atoms with Gasteiger partial charge in [0.1, 0.15) is 5.75 Å². The fraction of sp³-hybridized carbons (Fsp3) is 0.652. The summed E-state index contributed by atoms with van der Waals surface area (Å²) in [5.41, 5.74) is 1.31. The number of nitrogens with one attached hydrogen (secondary N) is 2. The first-order chi connectivity index (χ1) is 13.9. The number of halogens is 1. The van der Waals surface area contributed by atoms with Gasteiger partial charge in [0.2, 0.25) is 5.91 Å². The van der Waals surface area contributed by atoms with Crippen LogP contribution in [0.3, 0.4) is 0 Å². The molecule has 0 aromatic heterocycles. The molecule has 170 valence electrons. The van der Waals surface area contributed by atoms with E-state index in [1.54, 1.807) is 7.11 Å². The average Bonchev–Trinajstić information content (AvgIpc) is 2.73. The lowest BCUT2D eigenvalue weighted by Crippen LogP contribution is -2.50. The zero-order valence-corrected chi connectivity index (χ0v) is 21.4. The van der Waals surface area contributed by atoms with Crippen LogP contribution in [0.25, 0.3) is 0 Å². The standard InChI is InChI=1S/C23H38N4O2.HI/c1-6-24-23(26-20-12-15-27(16-13-20)22(28)17(2)3)25-14-11-18(4)19-7-9-21(29-5)10-8-19;/h7-10,17-18,20H,6,11-16H2,1-5H3,(H2,24,25,26);1H. The molecule has 0 radical (unpaired) electrons. The molecule has 1 fully saturated rings. The van der Waals surface area contributed by atoms with E-state index in [2.05, 4.69) is 36.6 Å². The van der Waals surface area contributed by atoms with Crippen LogP contribution in [0.4, 0.5) is 0 Å². The number of benzene rings is 1. The maximum absolute atomic E-state index is 12.1. The van der Waals surface area contributed by atoms with Crippen LogP contribution in [-0.2, 0) is 4.79 Å². The van der Waals surface area contributed by atoms with Gasteiger partial charge in [-0.2, -0.15) is 0 Å². The number of piperidine rings is 1. The second-order valence-electron chi connectivity index (χ2n) is 8.12. The van der Waals surface area contributed by atoms with Crippen LogP contribution in [0.1, 0.15) is 58.4 Å². The Labute approximate surface area is 199 Å². The monoisotopic (exact) mass is 530 g/mol. The summed E-state index contributed by atoms with van der Waals surface area (Å²) in [6.07, 6.45) is 2.92. The highest BCUT2D eigenvalue weighted by molar-refractivity contribution is 14.0. The molecule has 1 heterocycles. The molecule has 7 heteroatoms. The molecule has 6 nitrogen and oxygen atoms in total. The number of nitrogens with zero attached hydrogens (tertiary/aromatic N) is 2. The highest BCUT2D eigenvalue weighted by atomic mass is 127. The van der Waals surface area contributed by atoms with Crippen LogP contribution in [0, 0.1) is 5.92 Å². The molecule has 1 amide bonds. The SMILES string of the molecule is CCNC(=NCCC(C)c1ccc(OC)cc1)NC1CCN(C(=O)C(C)C)CC1.I. The summed E-state index contributed by atoms with van der Waals surface area (Å²) >= 11 is 0. The van der Waals surface area contributed by atoms with Gasteiger partial charge in [0.25, 0.3) is 0 Å². The van der Waals surface area contributed by atoms with E-state index < -0.39 is 0 Å². The summed E-state index contributed by atoms with van der Waals surface area (Å²) in [6, 6.07) is 8.64. The van der Waals surface area contributed by atoms with Gasteiger partial charge in [-0.1, -0.05) is 32.9 Å². The minimum atomic E-state index is 0. The average molecular weight is 530 g/mol. The molecule has 1 unspecified atom stereocenters. The zero-order valence-electron chi connectivity index (χ0n) is 19.1. The Morgan fingerprint density at radius 2 is 1.83 bits per heavy atom. The number of carbonyl (C=O) groups is 1. The van der Waals surface area contributed by atoms with E-state index in [9.17, 15) is 4.79 Å². The summed E-state index contributed by atoms with van der Waals surface area (Å²) in [5, 5.41) is 6.91. The molecule has 1 saturated heterocycles. The van der Waals surface area contributed by atoms with Crippen molar-refractivity contribution >= 4 is 35.8 Å². The van der Waals surface area contributed by atoms with Gasteiger partial charge in [-0.05, 0) is 49.8 Å². The van der Waals surface area contributed by atoms with Crippen molar-refractivity contribution in [1.29, 1.82) is 0 Å². The van der Waals surface area contributed by atoms with Crippen molar-refractivity contribution in [2.24, 2.45) is 10.9 Å². The molecule has 1 aromatic carbocycles. The van der Waals surface area contributed by atoms with Gasteiger partial charge in [-0.25, -0.2) is 0 Å². The third-order valence-corrected chi connectivity index (χ3v) is 5.50. The van der Waals surface area contributed by atoms with Crippen molar-refractivity contribution in [3.8, 4) is 5.75 Å². The number of aliphatic imine (C=N–C) groups is 1. The van der Waals surface area contributed by atoms with E-state index in [1.807, 2.05) is 30.9 Å². The molecule has 1 atom stereocenters. The number of carbonyl (C=O) groups excluding carboxylic acids is 1. The second kappa shape index (κ2) is 13.7. The molecular weight excluding hydrogens is 491 g/mol. The zero-order chi connectivity index (χ0) is 21.2. The first-order valence-corrected chi connectivity index (χ1v) is 10.9. The van der Waals surface area contributed by atoms with Crippen LogP contribution in [0.5, 0.6) is 5.75 Å². The van der Waals surface area contributed by atoms with Gasteiger partial charge in [0.05, 0.1) is 7.11 Å². The molecule has 2 rings (SSSR count). The van der Waals surface area contributed by atoms with Crippen LogP contribution in [0.15, 0.2) is 29.3 Å². The summed E-state index contributed by atoms with van der Waals surface area (Å²) in [4.78, 5) is 18.9. The van der Waals surface area contributed by atoms with E-state index in [0.717, 1.165) is 57.2 Å². The second-order valence-corrected chi connectivity index (χ2v) is 8.12. The van der Waals surface area contributed by atoms with Crippen LogP contribution in [-0.4, -0.2) is 56.1 Å². The predicted octanol–water partition coefficient (Wildman–Crippen LogP) is 4.01. The Morgan fingerprint density at radius 1 is 1.20 bits per heavy atom. The van der Waals surface area contributed by atoms with Gasteiger partial charge in [0, 0.05) is 38.1 Å². The third kappa shape index (κ3) is 8.32. The molecule has 0 bridgehead atoms. The molecule has 30 heavy (non-hydrogen) atoms. The topological polar surface area (TPSA) is 66.0 Å². The van der Waals surface area contributed by atoms with Crippen molar-refractivity contribution in [2.75, 3.05) is 33.3 Å². The van der Waals surface area contributed by atoms with Gasteiger partial charge in [-0.3, -0.25) is 9.79 Å². The van der Waals surface area contributed by atoms with Crippen LogP contribution >= 0.6 is 24.0 Å².